The van der Waals surface area contributed by atoms with E-state index in [4.69, 9.17) is 0 Å². The van der Waals surface area contributed by atoms with Crippen LogP contribution in [-0.2, 0) is 11.8 Å². The average molecular weight is 394 g/mol. The van der Waals surface area contributed by atoms with Gasteiger partial charge in [0.25, 0.3) is 0 Å². The van der Waals surface area contributed by atoms with Crippen LogP contribution in [0, 0.1) is 25.2 Å². The zero-order valence-electron chi connectivity index (χ0n) is 18.7. The Balaban J connectivity index is 1.88. The summed E-state index contributed by atoms with van der Waals surface area (Å²) in [5.74, 6) is 0. The van der Waals surface area contributed by atoms with Crippen molar-refractivity contribution < 1.29 is 0 Å². The summed E-state index contributed by atoms with van der Waals surface area (Å²) < 4.78 is 0. The van der Waals surface area contributed by atoms with E-state index >= 15 is 0 Å². The van der Waals surface area contributed by atoms with E-state index in [-0.39, 0.29) is 5.41 Å². The van der Waals surface area contributed by atoms with Gasteiger partial charge in [-0.25, -0.2) is 0 Å². The Morgan fingerprint density at radius 1 is 0.867 bits per heavy atom. The fourth-order valence-electron chi connectivity index (χ4n) is 5.10. The summed E-state index contributed by atoms with van der Waals surface area (Å²) in [4.78, 5) is 0. The van der Waals surface area contributed by atoms with E-state index in [0.29, 0.717) is 0 Å². The zero-order valence-corrected chi connectivity index (χ0v) is 18.7. The standard InChI is InChI=1S/C29H31N/c1-5-6-7-8-10-22-11-9-12-24(18-22)29(4)26-16-20(2)13-14-25(26)28-23(19-30)15-21(3)17-27(28)29/h9,11-18H,5-8,10H2,1-4H3. The first kappa shape index (κ1) is 20.4. The van der Waals surface area contributed by atoms with Gasteiger partial charge in [-0.15, -0.1) is 0 Å². The van der Waals surface area contributed by atoms with Crippen LogP contribution in [-0.4, -0.2) is 0 Å². The highest BCUT2D eigenvalue weighted by molar-refractivity contribution is 5.87. The van der Waals surface area contributed by atoms with Gasteiger partial charge in [0, 0.05) is 11.0 Å². The first-order chi connectivity index (χ1) is 14.5. The molecule has 3 aromatic carbocycles. The molecule has 0 aromatic heterocycles. The van der Waals surface area contributed by atoms with E-state index in [1.807, 2.05) is 6.07 Å². The second-order valence-corrected chi connectivity index (χ2v) is 9.03. The molecule has 0 fully saturated rings. The summed E-state index contributed by atoms with van der Waals surface area (Å²) >= 11 is 0. The molecule has 4 rings (SSSR count). The van der Waals surface area contributed by atoms with Crippen LogP contribution in [0.15, 0.2) is 54.6 Å². The molecule has 152 valence electrons. The van der Waals surface area contributed by atoms with Crippen molar-refractivity contribution in [1.82, 2.24) is 0 Å². The number of hydrogen-bond donors (Lipinski definition) is 0. The van der Waals surface area contributed by atoms with Crippen LogP contribution in [0.25, 0.3) is 11.1 Å². The summed E-state index contributed by atoms with van der Waals surface area (Å²) in [5, 5.41) is 9.88. The molecule has 0 saturated heterocycles. The molecule has 3 aromatic rings. The van der Waals surface area contributed by atoms with Gasteiger partial charge < -0.3 is 0 Å². The van der Waals surface area contributed by atoms with Crippen molar-refractivity contribution in [3.05, 3.63) is 93.5 Å². The highest BCUT2D eigenvalue weighted by Gasteiger charge is 2.42. The first-order valence-corrected chi connectivity index (χ1v) is 11.2. The number of unbranched alkanes of at least 4 members (excludes halogenated alkanes) is 3. The Bertz CT molecular complexity index is 1130. The smallest absolute Gasteiger partial charge is 0.0998 e. The van der Waals surface area contributed by atoms with Gasteiger partial charge in [-0.1, -0.05) is 80.3 Å². The lowest BCUT2D eigenvalue weighted by Gasteiger charge is -2.29. The van der Waals surface area contributed by atoms with Crippen molar-refractivity contribution in [2.45, 2.75) is 65.2 Å². The molecule has 1 aliphatic rings. The average Bonchev–Trinajstić information content (AvgIpc) is 3.00. The molecule has 0 amide bonds. The van der Waals surface area contributed by atoms with E-state index in [1.54, 1.807) is 0 Å². The summed E-state index contributed by atoms with van der Waals surface area (Å²) in [6.07, 6.45) is 6.26. The highest BCUT2D eigenvalue weighted by atomic mass is 14.4. The van der Waals surface area contributed by atoms with Gasteiger partial charge in [0.15, 0.2) is 0 Å². The van der Waals surface area contributed by atoms with E-state index in [0.717, 1.165) is 23.1 Å². The number of benzene rings is 3. The number of nitrogens with zero attached hydrogens (tertiary/aromatic N) is 1. The minimum absolute atomic E-state index is 0.242. The van der Waals surface area contributed by atoms with Crippen molar-refractivity contribution in [3.63, 3.8) is 0 Å². The Labute approximate surface area is 181 Å². The van der Waals surface area contributed by atoms with Gasteiger partial charge in [0.2, 0.25) is 0 Å². The Kier molecular flexibility index (Phi) is 5.52. The van der Waals surface area contributed by atoms with E-state index in [2.05, 4.69) is 82.3 Å². The highest BCUT2D eigenvalue weighted by Crippen LogP contribution is 2.54. The quantitative estimate of drug-likeness (QED) is 0.395. The maximum atomic E-state index is 9.88. The lowest BCUT2D eigenvalue weighted by atomic mass is 9.73. The molecular weight excluding hydrogens is 362 g/mol. The summed E-state index contributed by atoms with van der Waals surface area (Å²) in [6, 6.07) is 22.6. The molecule has 1 atom stereocenters. The Morgan fingerprint density at radius 3 is 2.43 bits per heavy atom. The summed E-state index contributed by atoms with van der Waals surface area (Å²) in [5.41, 5.74) is 10.6. The van der Waals surface area contributed by atoms with Crippen LogP contribution in [0.2, 0.25) is 0 Å². The molecule has 1 unspecified atom stereocenters. The second kappa shape index (κ2) is 8.11. The lowest BCUT2D eigenvalue weighted by Crippen LogP contribution is -2.23. The summed E-state index contributed by atoms with van der Waals surface area (Å²) in [7, 11) is 0. The molecule has 0 saturated carbocycles. The predicted molar refractivity (Wildman–Crippen MR) is 126 cm³/mol. The molecule has 30 heavy (non-hydrogen) atoms. The van der Waals surface area contributed by atoms with E-state index < -0.39 is 0 Å². The van der Waals surface area contributed by atoms with Gasteiger partial charge >= 0.3 is 0 Å². The topological polar surface area (TPSA) is 23.8 Å². The van der Waals surface area contributed by atoms with Gasteiger partial charge in [0.05, 0.1) is 11.6 Å². The van der Waals surface area contributed by atoms with E-state index in [1.165, 1.54) is 59.1 Å². The molecule has 1 aliphatic carbocycles. The number of aryl methyl sites for hydroxylation is 3. The minimum atomic E-state index is -0.242. The van der Waals surface area contributed by atoms with Crippen LogP contribution in [0.5, 0.6) is 0 Å². The van der Waals surface area contributed by atoms with Crippen LogP contribution in [0.4, 0.5) is 0 Å². The zero-order chi connectivity index (χ0) is 21.3. The monoisotopic (exact) mass is 393 g/mol. The van der Waals surface area contributed by atoms with Crippen molar-refractivity contribution >= 4 is 0 Å². The lowest BCUT2D eigenvalue weighted by molar-refractivity contribution is 0.664. The molecule has 0 heterocycles. The number of nitriles is 1. The van der Waals surface area contributed by atoms with Gasteiger partial charge in [-0.2, -0.15) is 5.26 Å². The Morgan fingerprint density at radius 2 is 1.67 bits per heavy atom. The number of rotatable bonds is 6. The minimum Gasteiger partial charge on any atom is -0.192 e. The van der Waals surface area contributed by atoms with E-state index in [9.17, 15) is 5.26 Å². The molecule has 0 N–H and O–H groups in total. The third-order valence-electron chi connectivity index (χ3n) is 6.75. The fourth-order valence-corrected chi connectivity index (χ4v) is 5.10. The number of hydrogen-bond acceptors (Lipinski definition) is 1. The SMILES string of the molecule is CCCCCCc1cccc(C2(C)c3cc(C)ccc3-c3c(C#N)cc(C)cc32)c1. The van der Waals surface area contributed by atoms with Crippen molar-refractivity contribution in [3.8, 4) is 17.2 Å². The number of fused-ring (bicyclic) bond motifs is 3. The molecular formula is C29H31N. The maximum absolute atomic E-state index is 9.88. The van der Waals surface area contributed by atoms with Crippen molar-refractivity contribution in [1.29, 1.82) is 5.26 Å². The fraction of sp³-hybridized carbons (Fsp3) is 0.345. The van der Waals surface area contributed by atoms with Crippen molar-refractivity contribution in [2.24, 2.45) is 0 Å². The Hall–Kier alpha value is -2.85. The second-order valence-electron chi connectivity index (χ2n) is 9.03. The molecule has 0 spiro atoms. The molecule has 0 bridgehead atoms. The predicted octanol–water partition coefficient (Wildman–Crippen LogP) is 7.63. The largest absolute Gasteiger partial charge is 0.192 e. The van der Waals surface area contributed by atoms with Gasteiger partial charge in [0.1, 0.15) is 0 Å². The summed E-state index contributed by atoms with van der Waals surface area (Å²) in [6.45, 7) is 8.86. The molecule has 0 radical (unpaired) electrons. The normalized spacial score (nSPS) is 16.8. The third-order valence-corrected chi connectivity index (χ3v) is 6.75. The van der Waals surface area contributed by atoms with Crippen LogP contribution >= 0.6 is 0 Å². The first-order valence-electron chi connectivity index (χ1n) is 11.2. The van der Waals surface area contributed by atoms with Gasteiger partial charge in [-0.05, 0) is 73.1 Å². The van der Waals surface area contributed by atoms with Crippen molar-refractivity contribution in [2.75, 3.05) is 0 Å². The molecule has 0 aliphatic heterocycles. The van der Waals surface area contributed by atoms with Crippen LogP contribution < -0.4 is 0 Å². The van der Waals surface area contributed by atoms with Gasteiger partial charge in [-0.3, -0.25) is 0 Å². The third kappa shape index (κ3) is 3.35. The van der Waals surface area contributed by atoms with Crippen LogP contribution in [0.1, 0.15) is 78.5 Å². The van der Waals surface area contributed by atoms with Crippen LogP contribution in [0.3, 0.4) is 0 Å². The maximum Gasteiger partial charge on any atom is 0.0998 e. The molecule has 1 heteroatoms. The molecule has 1 nitrogen and oxygen atoms in total.